The maximum Gasteiger partial charge on any atom is 0.131 e. The molecule has 2 unspecified atom stereocenters. The number of aryl methyl sites for hydroxylation is 1. The third-order valence-corrected chi connectivity index (χ3v) is 3.55. The Balaban J connectivity index is 2.33. The molecule has 0 amide bonds. The van der Waals surface area contributed by atoms with E-state index in [4.69, 9.17) is 10.7 Å². The molecule has 0 saturated carbocycles. The van der Waals surface area contributed by atoms with E-state index in [2.05, 4.69) is 18.8 Å². The average Bonchev–Trinajstić information content (AvgIpc) is 2.50. The predicted molar refractivity (Wildman–Crippen MR) is 65.2 cm³/mol. The van der Waals surface area contributed by atoms with Crippen LogP contribution in [-0.2, 0) is 6.42 Å². The van der Waals surface area contributed by atoms with Crippen molar-refractivity contribution >= 4 is 0 Å². The zero-order valence-electron chi connectivity index (χ0n) is 10.2. The van der Waals surface area contributed by atoms with Gasteiger partial charge in [0, 0.05) is 29.4 Å². The lowest BCUT2D eigenvalue weighted by atomic mass is 10.0. The first-order valence-electron chi connectivity index (χ1n) is 6.33. The van der Waals surface area contributed by atoms with Crippen LogP contribution in [0.25, 0.3) is 0 Å². The number of nitrogens with zero attached hydrogens (tertiary/aromatic N) is 2. The van der Waals surface area contributed by atoms with Crippen molar-refractivity contribution < 1.29 is 0 Å². The number of fused-ring (bicyclic) bond motifs is 1. The lowest BCUT2D eigenvalue weighted by Gasteiger charge is -2.14. The fourth-order valence-corrected chi connectivity index (χ4v) is 2.18. The van der Waals surface area contributed by atoms with Gasteiger partial charge in [-0.25, -0.2) is 9.97 Å². The lowest BCUT2D eigenvalue weighted by Crippen LogP contribution is -2.13. The molecule has 2 N–H and O–H groups in total. The molecule has 1 aromatic heterocycles. The van der Waals surface area contributed by atoms with Gasteiger partial charge in [-0.3, -0.25) is 0 Å². The average molecular weight is 219 g/mol. The fraction of sp³-hybridized carbons (Fsp3) is 0.692. The molecule has 1 aromatic rings. The highest BCUT2D eigenvalue weighted by atomic mass is 14.9. The van der Waals surface area contributed by atoms with Crippen LogP contribution in [0.2, 0.25) is 0 Å². The van der Waals surface area contributed by atoms with Gasteiger partial charge < -0.3 is 5.73 Å². The summed E-state index contributed by atoms with van der Waals surface area (Å²) in [5.41, 5.74) is 8.49. The first-order chi connectivity index (χ1) is 7.72. The van der Waals surface area contributed by atoms with Crippen LogP contribution in [0.5, 0.6) is 0 Å². The van der Waals surface area contributed by atoms with Crippen LogP contribution in [0.15, 0.2) is 6.20 Å². The highest BCUT2D eigenvalue weighted by Crippen LogP contribution is 2.26. The molecule has 0 aliphatic heterocycles. The van der Waals surface area contributed by atoms with E-state index in [1.54, 1.807) is 0 Å². The molecule has 3 heteroatoms. The smallest absolute Gasteiger partial charge is 0.131 e. The Kier molecular flexibility index (Phi) is 3.54. The molecule has 1 aliphatic carbocycles. The van der Waals surface area contributed by atoms with Crippen molar-refractivity contribution in [3.05, 3.63) is 23.3 Å². The van der Waals surface area contributed by atoms with E-state index in [1.807, 2.05) is 6.20 Å². The van der Waals surface area contributed by atoms with E-state index in [1.165, 1.54) is 24.1 Å². The van der Waals surface area contributed by atoms with Crippen molar-refractivity contribution in [2.45, 2.75) is 57.9 Å². The summed E-state index contributed by atoms with van der Waals surface area (Å²) in [7, 11) is 0. The fourth-order valence-electron chi connectivity index (χ4n) is 2.18. The summed E-state index contributed by atoms with van der Waals surface area (Å²) in [5.74, 6) is 1.43. The summed E-state index contributed by atoms with van der Waals surface area (Å²) in [6, 6.07) is 0.142. The van der Waals surface area contributed by atoms with Crippen LogP contribution in [-0.4, -0.2) is 9.97 Å². The highest BCUT2D eigenvalue weighted by Gasteiger charge is 2.18. The molecule has 0 spiro atoms. The second-order valence-electron chi connectivity index (χ2n) is 4.79. The van der Waals surface area contributed by atoms with Gasteiger partial charge in [0.05, 0.1) is 0 Å². The van der Waals surface area contributed by atoms with Gasteiger partial charge in [-0.2, -0.15) is 0 Å². The first kappa shape index (κ1) is 11.5. The summed E-state index contributed by atoms with van der Waals surface area (Å²) in [4.78, 5) is 9.17. The highest BCUT2D eigenvalue weighted by molar-refractivity contribution is 5.23. The van der Waals surface area contributed by atoms with Crippen molar-refractivity contribution in [3.63, 3.8) is 0 Å². The molecular formula is C13H21N3. The van der Waals surface area contributed by atoms with Crippen LogP contribution in [0.1, 0.15) is 68.6 Å². The summed E-state index contributed by atoms with van der Waals surface area (Å²) < 4.78 is 0. The molecule has 0 bridgehead atoms. The maximum atomic E-state index is 6.13. The van der Waals surface area contributed by atoms with E-state index >= 15 is 0 Å². The van der Waals surface area contributed by atoms with Gasteiger partial charge in [0.2, 0.25) is 0 Å². The Morgan fingerprint density at radius 3 is 3.06 bits per heavy atom. The summed E-state index contributed by atoms with van der Waals surface area (Å²) in [6.07, 6.45) is 7.59. The lowest BCUT2D eigenvalue weighted by molar-refractivity contribution is 0.613. The van der Waals surface area contributed by atoms with E-state index in [-0.39, 0.29) is 6.04 Å². The van der Waals surface area contributed by atoms with Gasteiger partial charge in [0.25, 0.3) is 0 Å². The van der Waals surface area contributed by atoms with Crippen LogP contribution >= 0.6 is 0 Å². The van der Waals surface area contributed by atoms with E-state index in [9.17, 15) is 0 Å². The molecule has 3 nitrogen and oxygen atoms in total. The minimum Gasteiger partial charge on any atom is -0.324 e. The molecule has 0 aromatic carbocycles. The second kappa shape index (κ2) is 4.91. The Hall–Kier alpha value is -0.960. The summed E-state index contributed by atoms with van der Waals surface area (Å²) in [5, 5.41) is 0. The van der Waals surface area contributed by atoms with E-state index < -0.39 is 0 Å². The van der Waals surface area contributed by atoms with Gasteiger partial charge in [-0.05, 0) is 25.7 Å². The van der Waals surface area contributed by atoms with Crippen LogP contribution < -0.4 is 5.73 Å². The minimum atomic E-state index is 0.142. The minimum absolute atomic E-state index is 0.142. The molecule has 1 aliphatic rings. The largest absolute Gasteiger partial charge is 0.324 e. The van der Waals surface area contributed by atoms with Crippen molar-refractivity contribution in [1.29, 1.82) is 0 Å². The zero-order valence-corrected chi connectivity index (χ0v) is 10.2. The van der Waals surface area contributed by atoms with Crippen molar-refractivity contribution in [2.24, 2.45) is 5.73 Å². The number of hydrogen-bond acceptors (Lipinski definition) is 3. The Labute approximate surface area is 97.5 Å². The van der Waals surface area contributed by atoms with Gasteiger partial charge in [-0.1, -0.05) is 20.3 Å². The number of rotatable bonds is 2. The zero-order chi connectivity index (χ0) is 11.5. The standard InChI is InChI=1S/C13H21N3/c1-3-9(2)13-15-8-10-11(14)6-4-5-7-12(10)16-13/h8-9,11H,3-7,14H2,1-2H3. The number of nitrogens with two attached hydrogens (primary N) is 1. The molecule has 0 fully saturated rings. The maximum absolute atomic E-state index is 6.13. The van der Waals surface area contributed by atoms with Gasteiger partial charge >= 0.3 is 0 Å². The van der Waals surface area contributed by atoms with Gasteiger partial charge in [0.1, 0.15) is 5.82 Å². The van der Waals surface area contributed by atoms with Crippen molar-refractivity contribution in [3.8, 4) is 0 Å². The van der Waals surface area contributed by atoms with Crippen LogP contribution in [0.4, 0.5) is 0 Å². The van der Waals surface area contributed by atoms with Gasteiger partial charge in [-0.15, -0.1) is 0 Å². The van der Waals surface area contributed by atoms with E-state index in [0.29, 0.717) is 5.92 Å². The second-order valence-corrected chi connectivity index (χ2v) is 4.79. The molecule has 2 rings (SSSR count). The SMILES string of the molecule is CCC(C)c1ncc2c(n1)CCCCC2N. The van der Waals surface area contributed by atoms with Crippen LogP contribution in [0.3, 0.4) is 0 Å². The van der Waals surface area contributed by atoms with Crippen molar-refractivity contribution in [1.82, 2.24) is 9.97 Å². The molecule has 1 heterocycles. The van der Waals surface area contributed by atoms with Crippen LogP contribution in [0, 0.1) is 0 Å². The number of aromatic nitrogens is 2. The predicted octanol–water partition coefficient (Wildman–Crippen LogP) is 2.72. The monoisotopic (exact) mass is 219 g/mol. The Morgan fingerprint density at radius 1 is 1.50 bits per heavy atom. The quantitative estimate of drug-likeness (QED) is 0.778. The number of hydrogen-bond donors (Lipinski definition) is 1. The molecule has 0 saturated heterocycles. The molecule has 16 heavy (non-hydrogen) atoms. The summed E-state index contributed by atoms with van der Waals surface area (Å²) in [6.45, 7) is 4.35. The van der Waals surface area contributed by atoms with Crippen molar-refractivity contribution in [2.75, 3.05) is 0 Å². The Bertz CT molecular complexity index is 362. The first-order valence-corrected chi connectivity index (χ1v) is 6.33. The normalized spacial score (nSPS) is 22.3. The Morgan fingerprint density at radius 2 is 2.31 bits per heavy atom. The van der Waals surface area contributed by atoms with Gasteiger partial charge in [0.15, 0.2) is 0 Å². The summed E-state index contributed by atoms with van der Waals surface area (Å²) >= 11 is 0. The van der Waals surface area contributed by atoms with E-state index in [0.717, 1.165) is 25.1 Å². The molecule has 0 radical (unpaired) electrons. The topological polar surface area (TPSA) is 51.8 Å². The molecular weight excluding hydrogens is 198 g/mol. The molecule has 2 atom stereocenters. The third kappa shape index (κ3) is 2.24. The molecule has 88 valence electrons. The third-order valence-electron chi connectivity index (χ3n) is 3.55.